The van der Waals surface area contributed by atoms with E-state index in [0.29, 0.717) is 48.3 Å². The molecule has 0 aromatic heterocycles. The molecule has 12 aliphatic rings. The van der Waals surface area contributed by atoms with Gasteiger partial charge in [-0.1, -0.05) is 12.1 Å². The lowest BCUT2D eigenvalue weighted by molar-refractivity contribution is -0.138. The van der Waals surface area contributed by atoms with Gasteiger partial charge in [0.25, 0.3) is 10.1 Å². The number of hydrogen-bond acceptors (Lipinski definition) is 5. The minimum atomic E-state index is -4.58. The van der Waals surface area contributed by atoms with Gasteiger partial charge in [0.15, 0.2) is 0 Å². The predicted octanol–water partition coefficient (Wildman–Crippen LogP) is 5.29. The van der Waals surface area contributed by atoms with E-state index in [2.05, 4.69) is 12.1 Å². The van der Waals surface area contributed by atoms with E-state index >= 15 is 0 Å². The molecule has 1 aromatic rings. The van der Waals surface area contributed by atoms with Crippen molar-refractivity contribution < 1.29 is 28.3 Å². The largest absolute Gasteiger partial charge is 0.390 e. The zero-order valence-electron chi connectivity index (χ0n) is 24.7. The summed E-state index contributed by atoms with van der Waals surface area (Å²) in [7, 11) is -4.58. The third-order valence-electron chi connectivity index (χ3n) is 15.1. The van der Waals surface area contributed by atoms with E-state index in [0.717, 1.165) is 101 Å². The molecule has 6 unspecified atom stereocenters. The lowest BCUT2D eigenvalue weighted by Crippen LogP contribution is -2.58. The van der Waals surface area contributed by atoms with Gasteiger partial charge in [-0.25, -0.2) is 0 Å². The second kappa shape index (κ2) is 7.52. The van der Waals surface area contributed by atoms with Crippen LogP contribution in [0.4, 0.5) is 0 Å². The SMILES string of the molecule is O=S(=O)(O)c1c(C23CC4CC(CC(O)(C4)C2)C3)cc(C23CC4CC(CC(O)(C4)C2)C3)cc1C12CC3CC(O)(CC3C1)C2. The van der Waals surface area contributed by atoms with Crippen LogP contribution in [0.15, 0.2) is 17.0 Å². The quantitative estimate of drug-likeness (QED) is 0.352. The Labute approximate surface area is 249 Å². The zero-order valence-corrected chi connectivity index (χ0v) is 25.5. The molecular weight excluding hydrogens is 548 g/mol. The van der Waals surface area contributed by atoms with Gasteiger partial charge in [-0.2, -0.15) is 8.42 Å². The summed E-state index contributed by atoms with van der Waals surface area (Å²) in [6, 6.07) is 4.36. The molecule has 12 saturated carbocycles. The van der Waals surface area contributed by atoms with Crippen LogP contribution in [-0.2, 0) is 26.4 Å². The van der Waals surface area contributed by atoms with E-state index in [9.17, 15) is 28.3 Å². The van der Waals surface area contributed by atoms with Crippen molar-refractivity contribution in [2.24, 2.45) is 35.5 Å². The van der Waals surface area contributed by atoms with E-state index in [1.54, 1.807) is 0 Å². The summed E-state index contributed by atoms with van der Waals surface area (Å²) in [5.41, 5.74) is -0.506. The molecule has 12 bridgehead atoms. The Hall–Kier alpha value is -0.990. The fourth-order valence-corrected chi connectivity index (χ4v) is 16.4. The molecule has 0 heterocycles. The van der Waals surface area contributed by atoms with Gasteiger partial charge >= 0.3 is 0 Å². The molecule has 6 nitrogen and oxygen atoms in total. The highest BCUT2D eigenvalue weighted by atomic mass is 32.2. The standard InChI is InChI=1S/C35H46O6S/c36-33-9-20-1-21(10-33)6-30(5-20,17-33)26-3-27(31-7-22-2-23(8-31)12-34(37,11-22)18-31)29(42(39,40)41)28(4-26)32-13-24-15-35(38,19-32)16-25(24)14-32/h3-4,20-25,36-38H,1-2,5-19H2,(H,39,40,41). The topological polar surface area (TPSA) is 115 Å². The smallest absolute Gasteiger partial charge is 0.295 e. The maximum atomic E-state index is 13.7. The minimum absolute atomic E-state index is 0.130. The number of rotatable bonds is 4. The molecule has 6 atom stereocenters. The highest BCUT2D eigenvalue weighted by molar-refractivity contribution is 7.86. The molecule has 12 fully saturated rings. The van der Waals surface area contributed by atoms with Gasteiger partial charge in [0, 0.05) is 0 Å². The van der Waals surface area contributed by atoms with E-state index in [4.69, 9.17) is 0 Å². The molecule has 228 valence electrons. The van der Waals surface area contributed by atoms with E-state index in [1.165, 1.54) is 12.0 Å². The third-order valence-corrected chi connectivity index (χ3v) is 16.0. The van der Waals surface area contributed by atoms with Gasteiger partial charge in [0.05, 0.1) is 16.8 Å². The van der Waals surface area contributed by atoms with Crippen molar-refractivity contribution >= 4 is 10.1 Å². The lowest BCUT2D eigenvalue weighted by Gasteiger charge is -2.62. The number of aliphatic hydroxyl groups is 3. The molecule has 1 aromatic carbocycles. The maximum Gasteiger partial charge on any atom is 0.295 e. The first kappa shape index (κ1) is 26.2. The highest BCUT2D eigenvalue weighted by Crippen LogP contribution is 2.70. The van der Waals surface area contributed by atoms with Gasteiger partial charge in [-0.05, 0) is 178 Å². The van der Waals surface area contributed by atoms with Crippen LogP contribution in [0.5, 0.6) is 0 Å². The van der Waals surface area contributed by atoms with Crippen molar-refractivity contribution in [3.63, 3.8) is 0 Å². The van der Waals surface area contributed by atoms with Crippen molar-refractivity contribution in [3.05, 3.63) is 28.8 Å². The highest BCUT2D eigenvalue weighted by Gasteiger charge is 2.65. The first-order chi connectivity index (χ1) is 19.7. The second-order valence-corrected chi connectivity index (χ2v) is 19.7. The Morgan fingerprint density at radius 1 is 0.548 bits per heavy atom. The lowest BCUT2D eigenvalue weighted by atomic mass is 9.44. The number of hydrogen-bond donors (Lipinski definition) is 4. The molecule has 4 N–H and O–H groups in total. The van der Waals surface area contributed by atoms with Gasteiger partial charge in [0.1, 0.15) is 4.90 Å². The van der Waals surface area contributed by atoms with Crippen molar-refractivity contribution in [2.45, 2.75) is 147 Å². The van der Waals surface area contributed by atoms with Gasteiger partial charge in [-0.15, -0.1) is 0 Å². The van der Waals surface area contributed by atoms with E-state index < -0.39 is 37.8 Å². The molecule has 0 spiro atoms. The van der Waals surface area contributed by atoms with Crippen LogP contribution < -0.4 is 0 Å². The van der Waals surface area contributed by atoms with Gasteiger partial charge in [0.2, 0.25) is 0 Å². The Balaban J connectivity index is 1.24. The van der Waals surface area contributed by atoms with Crippen molar-refractivity contribution in [1.29, 1.82) is 0 Å². The van der Waals surface area contributed by atoms with Crippen molar-refractivity contribution in [2.75, 3.05) is 0 Å². The molecule has 0 amide bonds. The predicted molar refractivity (Wildman–Crippen MR) is 156 cm³/mol. The Kier molecular flexibility index (Phi) is 4.70. The molecule has 0 radical (unpaired) electrons. The minimum Gasteiger partial charge on any atom is -0.390 e. The summed E-state index contributed by atoms with van der Waals surface area (Å²) in [5.74, 6) is 2.59. The van der Waals surface area contributed by atoms with E-state index in [-0.39, 0.29) is 10.3 Å². The molecular formula is C35H46O6S. The summed E-state index contributed by atoms with van der Waals surface area (Å²) in [6.45, 7) is 0. The normalized spacial score (nSPS) is 56.2. The van der Waals surface area contributed by atoms with Crippen molar-refractivity contribution in [1.82, 2.24) is 0 Å². The Morgan fingerprint density at radius 2 is 0.929 bits per heavy atom. The van der Waals surface area contributed by atoms with Crippen LogP contribution >= 0.6 is 0 Å². The molecule has 0 aliphatic heterocycles. The summed E-state index contributed by atoms with van der Waals surface area (Å²) in [4.78, 5) is 0.130. The third kappa shape index (κ3) is 3.39. The molecule has 42 heavy (non-hydrogen) atoms. The molecule has 13 rings (SSSR count). The fourth-order valence-electron chi connectivity index (χ4n) is 15.3. The van der Waals surface area contributed by atoms with Gasteiger partial charge < -0.3 is 15.3 Å². The average Bonchev–Trinajstić information content (AvgIpc) is 3.22. The van der Waals surface area contributed by atoms with Crippen molar-refractivity contribution in [3.8, 4) is 0 Å². The van der Waals surface area contributed by atoms with Crippen LogP contribution in [0, 0.1) is 35.5 Å². The second-order valence-electron chi connectivity index (χ2n) is 18.3. The summed E-state index contributed by atoms with van der Waals surface area (Å²) < 4.78 is 38.7. The monoisotopic (exact) mass is 594 g/mol. The van der Waals surface area contributed by atoms with Gasteiger partial charge in [-0.3, -0.25) is 4.55 Å². The molecule has 12 aliphatic carbocycles. The van der Waals surface area contributed by atoms with Crippen LogP contribution in [0.25, 0.3) is 0 Å². The first-order valence-corrected chi connectivity index (χ1v) is 18.5. The Morgan fingerprint density at radius 3 is 1.33 bits per heavy atom. The van der Waals surface area contributed by atoms with Crippen LogP contribution in [0.3, 0.4) is 0 Å². The maximum absolute atomic E-state index is 13.7. The Bertz CT molecular complexity index is 1490. The fraction of sp³-hybridized carbons (Fsp3) is 0.829. The summed E-state index contributed by atoms with van der Waals surface area (Å²) in [6.07, 6.45) is 14.8. The summed E-state index contributed by atoms with van der Waals surface area (Å²) >= 11 is 0. The number of benzene rings is 1. The molecule has 7 heteroatoms. The zero-order chi connectivity index (χ0) is 28.7. The van der Waals surface area contributed by atoms with Crippen LogP contribution in [0.1, 0.15) is 126 Å². The first-order valence-electron chi connectivity index (χ1n) is 17.0. The molecule has 0 saturated heterocycles. The van der Waals surface area contributed by atoms with E-state index in [1.807, 2.05) is 0 Å². The summed E-state index contributed by atoms with van der Waals surface area (Å²) in [5, 5.41) is 35.1. The average molecular weight is 595 g/mol. The van der Waals surface area contributed by atoms with Crippen LogP contribution in [-0.4, -0.2) is 45.1 Å². The van der Waals surface area contributed by atoms with Crippen LogP contribution in [0.2, 0.25) is 0 Å².